The Labute approximate surface area is 131 Å². The number of benzene rings is 2. The Morgan fingerprint density at radius 1 is 1.05 bits per heavy atom. The van der Waals surface area contributed by atoms with Crippen molar-refractivity contribution >= 4 is 17.5 Å². The van der Waals surface area contributed by atoms with Crippen molar-refractivity contribution in [2.45, 2.75) is 25.7 Å². The van der Waals surface area contributed by atoms with Crippen molar-refractivity contribution in [2.75, 3.05) is 6.54 Å². The average molecular weight is 302 g/mol. The molecule has 1 amide bonds. The summed E-state index contributed by atoms with van der Waals surface area (Å²) in [6.07, 6.45) is 0.799. The second kappa shape index (κ2) is 6.77. The normalized spacial score (nSPS) is 11.2. The van der Waals surface area contributed by atoms with E-state index in [4.69, 9.17) is 11.6 Å². The van der Waals surface area contributed by atoms with Crippen molar-refractivity contribution in [1.29, 1.82) is 0 Å². The van der Waals surface area contributed by atoms with Crippen molar-refractivity contribution in [2.24, 2.45) is 0 Å². The third-order valence-electron chi connectivity index (χ3n) is 3.68. The minimum absolute atomic E-state index is 0.0441. The van der Waals surface area contributed by atoms with Gasteiger partial charge in [-0.3, -0.25) is 4.79 Å². The minimum atomic E-state index is -0.527. The smallest absolute Gasteiger partial charge is 0.230 e. The summed E-state index contributed by atoms with van der Waals surface area (Å²) in [5.41, 5.74) is 1.66. The highest BCUT2D eigenvalue weighted by molar-refractivity contribution is 6.30. The Hall–Kier alpha value is -1.80. The summed E-state index contributed by atoms with van der Waals surface area (Å²) in [5.74, 6) is 0.0441. The molecule has 2 aromatic carbocycles. The molecule has 21 heavy (non-hydrogen) atoms. The molecule has 2 nitrogen and oxygen atoms in total. The highest BCUT2D eigenvalue weighted by atomic mass is 35.5. The summed E-state index contributed by atoms with van der Waals surface area (Å²) in [6.45, 7) is 4.51. The Morgan fingerprint density at radius 2 is 1.67 bits per heavy atom. The first kappa shape index (κ1) is 15.6. The van der Waals surface area contributed by atoms with Gasteiger partial charge in [0.25, 0.3) is 0 Å². The molecule has 0 aromatic heterocycles. The number of hydrogen-bond acceptors (Lipinski definition) is 1. The molecule has 0 fully saturated rings. The van der Waals surface area contributed by atoms with Crippen molar-refractivity contribution < 1.29 is 4.79 Å². The molecular weight excluding hydrogens is 282 g/mol. The summed E-state index contributed by atoms with van der Waals surface area (Å²) < 4.78 is 0. The topological polar surface area (TPSA) is 29.1 Å². The van der Waals surface area contributed by atoms with Gasteiger partial charge in [0.2, 0.25) is 5.91 Å². The van der Waals surface area contributed by atoms with E-state index in [1.54, 1.807) is 0 Å². The molecule has 0 aliphatic carbocycles. The van der Waals surface area contributed by atoms with E-state index >= 15 is 0 Å². The standard InChI is InChI=1S/C18H20ClNO/c1-18(2,15-6-4-3-5-7-15)17(21)20-13-12-14-8-10-16(19)11-9-14/h3-11H,12-13H2,1-2H3,(H,20,21). The predicted octanol–water partition coefficient (Wildman–Crippen LogP) is 3.98. The first-order chi connectivity index (χ1) is 10.00. The van der Waals surface area contributed by atoms with E-state index in [1.165, 1.54) is 0 Å². The molecule has 0 spiro atoms. The van der Waals surface area contributed by atoms with E-state index in [2.05, 4.69) is 5.32 Å². The zero-order valence-electron chi connectivity index (χ0n) is 12.4. The highest BCUT2D eigenvalue weighted by Crippen LogP contribution is 2.22. The van der Waals surface area contributed by atoms with E-state index in [0.717, 1.165) is 22.6 Å². The van der Waals surface area contributed by atoms with Crippen LogP contribution in [0.3, 0.4) is 0 Å². The van der Waals surface area contributed by atoms with Crippen LogP contribution < -0.4 is 5.32 Å². The number of halogens is 1. The number of rotatable bonds is 5. The molecular formula is C18H20ClNO. The summed E-state index contributed by atoms with van der Waals surface area (Å²) >= 11 is 5.85. The van der Waals surface area contributed by atoms with E-state index in [1.807, 2.05) is 68.4 Å². The number of carbonyl (C=O) groups excluding carboxylic acids is 1. The third-order valence-corrected chi connectivity index (χ3v) is 3.93. The number of hydrogen-bond donors (Lipinski definition) is 1. The van der Waals surface area contributed by atoms with Crippen LogP contribution in [0.1, 0.15) is 25.0 Å². The Kier molecular flexibility index (Phi) is 5.03. The van der Waals surface area contributed by atoms with Crippen LogP contribution in [0.5, 0.6) is 0 Å². The fourth-order valence-corrected chi connectivity index (χ4v) is 2.30. The van der Waals surface area contributed by atoms with Gasteiger partial charge in [0.05, 0.1) is 5.41 Å². The molecule has 0 bridgehead atoms. The van der Waals surface area contributed by atoms with Crippen LogP contribution in [-0.2, 0) is 16.6 Å². The summed E-state index contributed by atoms with van der Waals surface area (Å²) in [6, 6.07) is 17.5. The van der Waals surface area contributed by atoms with Crippen molar-refractivity contribution in [3.8, 4) is 0 Å². The summed E-state index contributed by atoms with van der Waals surface area (Å²) in [5, 5.41) is 3.74. The second-order valence-electron chi connectivity index (χ2n) is 5.62. The number of nitrogens with one attached hydrogen (secondary N) is 1. The first-order valence-corrected chi connectivity index (χ1v) is 7.46. The fraction of sp³-hybridized carbons (Fsp3) is 0.278. The van der Waals surface area contributed by atoms with Gasteiger partial charge in [-0.1, -0.05) is 54.1 Å². The van der Waals surface area contributed by atoms with Crippen LogP contribution >= 0.6 is 11.6 Å². The maximum absolute atomic E-state index is 12.4. The number of amides is 1. The maximum atomic E-state index is 12.4. The molecule has 0 atom stereocenters. The van der Waals surface area contributed by atoms with Gasteiger partial charge in [0.1, 0.15) is 0 Å². The Morgan fingerprint density at radius 3 is 2.29 bits per heavy atom. The quantitative estimate of drug-likeness (QED) is 0.889. The molecule has 2 aromatic rings. The van der Waals surface area contributed by atoms with E-state index in [-0.39, 0.29) is 5.91 Å². The largest absolute Gasteiger partial charge is 0.355 e. The fourth-order valence-electron chi connectivity index (χ4n) is 2.18. The van der Waals surface area contributed by atoms with Crippen LogP contribution in [0.4, 0.5) is 0 Å². The molecule has 0 unspecified atom stereocenters. The summed E-state index contributed by atoms with van der Waals surface area (Å²) in [7, 11) is 0. The SMILES string of the molecule is CC(C)(C(=O)NCCc1ccc(Cl)cc1)c1ccccc1. The van der Waals surface area contributed by atoms with Gasteiger partial charge in [-0.2, -0.15) is 0 Å². The molecule has 1 N–H and O–H groups in total. The van der Waals surface area contributed by atoms with Crippen LogP contribution in [-0.4, -0.2) is 12.5 Å². The molecule has 0 heterocycles. The van der Waals surface area contributed by atoms with Crippen molar-refractivity contribution in [3.05, 3.63) is 70.7 Å². The maximum Gasteiger partial charge on any atom is 0.230 e. The Bertz CT molecular complexity index is 590. The lowest BCUT2D eigenvalue weighted by molar-refractivity contribution is -0.125. The van der Waals surface area contributed by atoms with Gasteiger partial charge in [0.15, 0.2) is 0 Å². The highest BCUT2D eigenvalue weighted by Gasteiger charge is 2.28. The van der Waals surface area contributed by atoms with Gasteiger partial charge in [-0.25, -0.2) is 0 Å². The van der Waals surface area contributed by atoms with Gasteiger partial charge in [-0.05, 0) is 43.5 Å². The molecule has 0 saturated carbocycles. The average Bonchev–Trinajstić information content (AvgIpc) is 2.50. The van der Waals surface area contributed by atoms with Crippen LogP contribution in [0.15, 0.2) is 54.6 Å². The Balaban J connectivity index is 1.91. The molecule has 110 valence electrons. The van der Waals surface area contributed by atoms with E-state index in [0.29, 0.717) is 6.54 Å². The van der Waals surface area contributed by atoms with Crippen LogP contribution in [0, 0.1) is 0 Å². The molecule has 0 radical (unpaired) electrons. The van der Waals surface area contributed by atoms with Gasteiger partial charge in [-0.15, -0.1) is 0 Å². The van der Waals surface area contributed by atoms with Crippen molar-refractivity contribution in [3.63, 3.8) is 0 Å². The molecule has 0 aliphatic heterocycles. The second-order valence-corrected chi connectivity index (χ2v) is 6.06. The van der Waals surface area contributed by atoms with Crippen LogP contribution in [0.25, 0.3) is 0 Å². The monoisotopic (exact) mass is 301 g/mol. The number of carbonyl (C=O) groups is 1. The minimum Gasteiger partial charge on any atom is -0.355 e. The van der Waals surface area contributed by atoms with E-state index in [9.17, 15) is 4.79 Å². The van der Waals surface area contributed by atoms with Crippen molar-refractivity contribution in [1.82, 2.24) is 5.32 Å². The predicted molar refractivity (Wildman–Crippen MR) is 87.6 cm³/mol. The third kappa shape index (κ3) is 4.08. The van der Waals surface area contributed by atoms with Gasteiger partial charge < -0.3 is 5.32 Å². The first-order valence-electron chi connectivity index (χ1n) is 7.08. The zero-order chi connectivity index (χ0) is 15.3. The molecule has 0 saturated heterocycles. The molecule has 3 heteroatoms. The zero-order valence-corrected chi connectivity index (χ0v) is 13.2. The summed E-state index contributed by atoms with van der Waals surface area (Å²) in [4.78, 5) is 12.4. The lowest BCUT2D eigenvalue weighted by Gasteiger charge is -2.24. The van der Waals surface area contributed by atoms with Gasteiger partial charge in [0, 0.05) is 11.6 Å². The van der Waals surface area contributed by atoms with E-state index < -0.39 is 5.41 Å². The lowest BCUT2D eigenvalue weighted by atomic mass is 9.84. The van der Waals surface area contributed by atoms with Crippen LogP contribution in [0.2, 0.25) is 5.02 Å². The van der Waals surface area contributed by atoms with Gasteiger partial charge >= 0.3 is 0 Å². The molecule has 0 aliphatic rings. The lowest BCUT2D eigenvalue weighted by Crippen LogP contribution is -2.40. The molecule has 2 rings (SSSR count).